The molecule has 1 aromatic carbocycles. The molecule has 24 heavy (non-hydrogen) atoms. The number of halogens is 2. The van der Waals surface area contributed by atoms with E-state index in [4.69, 9.17) is 23.2 Å². The highest BCUT2D eigenvalue weighted by molar-refractivity contribution is 6.35. The van der Waals surface area contributed by atoms with Gasteiger partial charge in [0.1, 0.15) is 16.4 Å². The number of rotatable bonds is 2. The Morgan fingerprint density at radius 3 is 2.46 bits per heavy atom. The summed E-state index contributed by atoms with van der Waals surface area (Å²) in [6, 6.07) is 13.0. The smallest absolute Gasteiger partial charge is 0.138 e. The van der Waals surface area contributed by atoms with Crippen molar-refractivity contribution < 1.29 is 5.11 Å². The van der Waals surface area contributed by atoms with Crippen LogP contribution in [0.1, 0.15) is 17.4 Å². The summed E-state index contributed by atoms with van der Waals surface area (Å²) < 4.78 is 0. The van der Waals surface area contributed by atoms with Gasteiger partial charge in [0.15, 0.2) is 0 Å². The van der Waals surface area contributed by atoms with Crippen molar-refractivity contribution in [1.82, 2.24) is 15.0 Å². The lowest BCUT2D eigenvalue weighted by atomic mass is 10.0. The van der Waals surface area contributed by atoms with E-state index < -0.39 is 6.10 Å². The van der Waals surface area contributed by atoms with Gasteiger partial charge in [0.05, 0.1) is 11.2 Å². The van der Waals surface area contributed by atoms with Gasteiger partial charge < -0.3 is 5.11 Å². The van der Waals surface area contributed by atoms with E-state index >= 15 is 0 Å². The van der Waals surface area contributed by atoms with Crippen LogP contribution in [-0.4, -0.2) is 20.1 Å². The maximum atomic E-state index is 10.9. The van der Waals surface area contributed by atoms with E-state index in [0.29, 0.717) is 21.8 Å². The Kier molecular flexibility index (Phi) is 3.81. The highest BCUT2D eigenvalue weighted by atomic mass is 35.5. The average Bonchev–Trinajstić information content (AvgIpc) is 2.61. The van der Waals surface area contributed by atoms with Gasteiger partial charge in [-0.25, -0.2) is 15.0 Å². The van der Waals surface area contributed by atoms with Gasteiger partial charge >= 0.3 is 0 Å². The summed E-state index contributed by atoms with van der Waals surface area (Å²) in [5, 5.41) is 13.9. The van der Waals surface area contributed by atoms with E-state index in [1.165, 1.54) is 0 Å². The van der Waals surface area contributed by atoms with Crippen LogP contribution in [0.25, 0.3) is 21.7 Å². The lowest BCUT2D eigenvalue weighted by molar-refractivity contribution is 0.217. The number of benzene rings is 1. The monoisotopic (exact) mass is 355 g/mol. The second-order valence-corrected chi connectivity index (χ2v) is 6.04. The second-order valence-electron chi connectivity index (χ2n) is 5.32. The van der Waals surface area contributed by atoms with Crippen LogP contribution in [0.2, 0.25) is 10.3 Å². The summed E-state index contributed by atoms with van der Waals surface area (Å²) in [5.41, 5.74) is 1.65. The molecule has 0 fully saturated rings. The lowest BCUT2D eigenvalue weighted by Crippen LogP contribution is -2.06. The molecule has 3 heterocycles. The molecule has 0 amide bonds. The van der Waals surface area contributed by atoms with Crippen LogP contribution in [0.3, 0.4) is 0 Å². The number of aliphatic hydroxyl groups is 1. The van der Waals surface area contributed by atoms with Gasteiger partial charge in [0.2, 0.25) is 0 Å². The van der Waals surface area contributed by atoms with Gasteiger partial charge in [-0.15, -0.1) is 0 Å². The summed E-state index contributed by atoms with van der Waals surface area (Å²) in [6.45, 7) is 0. The molecule has 4 aromatic rings. The Labute approximate surface area is 147 Å². The maximum Gasteiger partial charge on any atom is 0.138 e. The number of para-hydroxylation sites is 1. The summed E-state index contributed by atoms with van der Waals surface area (Å²) in [4.78, 5) is 12.8. The predicted octanol–water partition coefficient (Wildman–Crippen LogP) is 4.57. The second kappa shape index (κ2) is 5.98. The van der Waals surface area contributed by atoms with E-state index in [9.17, 15) is 5.11 Å². The van der Waals surface area contributed by atoms with E-state index in [-0.39, 0.29) is 5.15 Å². The van der Waals surface area contributed by atoms with Crippen molar-refractivity contribution in [2.45, 2.75) is 6.10 Å². The molecule has 3 aromatic heterocycles. The zero-order valence-electron chi connectivity index (χ0n) is 12.3. The molecular weight excluding hydrogens is 345 g/mol. The normalized spacial score (nSPS) is 12.6. The van der Waals surface area contributed by atoms with Crippen LogP contribution in [0.15, 0.2) is 54.9 Å². The standard InChI is InChI=1S/C18H11Cl2N3O/c19-17-12(5-3-8-21-17)16(24)15-14-11(7-9-22-18(14)20)10-4-1-2-6-13(10)23-15/h1-9,16,24H. The van der Waals surface area contributed by atoms with Gasteiger partial charge in [0.25, 0.3) is 0 Å². The van der Waals surface area contributed by atoms with E-state index in [2.05, 4.69) is 15.0 Å². The first kappa shape index (κ1) is 15.3. The van der Waals surface area contributed by atoms with Crippen molar-refractivity contribution in [3.8, 4) is 0 Å². The van der Waals surface area contributed by atoms with Crippen LogP contribution < -0.4 is 0 Å². The molecule has 118 valence electrons. The van der Waals surface area contributed by atoms with Crippen LogP contribution in [0.4, 0.5) is 0 Å². The SMILES string of the molecule is OC(c1cccnc1Cl)c1nc2ccccc2c2ccnc(Cl)c12. The lowest BCUT2D eigenvalue weighted by Gasteiger charge is -2.16. The van der Waals surface area contributed by atoms with E-state index in [1.807, 2.05) is 30.3 Å². The van der Waals surface area contributed by atoms with Crippen molar-refractivity contribution >= 4 is 44.9 Å². The van der Waals surface area contributed by atoms with Gasteiger partial charge in [-0.1, -0.05) is 47.5 Å². The summed E-state index contributed by atoms with van der Waals surface area (Å²) in [7, 11) is 0. The summed E-state index contributed by atoms with van der Waals surface area (Å²) in [6.07, 6.45) is 2.16. The number of aromatic nitrogens is 3. The van der Waals surface area contributed by atoms with Crippen LogP contribution in [0.5, 0.6) is 0 Å². The number of nitrogens with zero attached hydrogens (tertiary/aromatic N) is 3. The molecule has 6 heteroatoms. The van der Waals surface area contributed by atoms with Gasteiger partial charge in [-0.05, 0) is 23.6 Å². The quantitative estimate of drug-likeness (QED) is 0.422. The maximum absolute atomic E-state index is 10.9. The van der Waals surface area contributed by atoms with E-state index in [0.717, 1.165) is 16.3 Å². The molecular formula is C18H11Cl2N3O. The minimum atomic E-state index is -1.06. The minimum Gasteiger partial charge on any atom is -0.382 e. The molecule has 0 aliphatic carbocycles. The topological polar surface area (TPSA) is 58.9 Å². The zero-order valence-corrected chi connectivity index (χ0v) is 13.8. The molecule has 0 spiro atoms. The van der Waals surface area contributed by atoms with Crippen molar-refractivity contribution in [3.05, 3.63) is 76.4 Å². The highest BCUT2D eigenvalue weighted by Gasteiger charge is 2.22. The van der Waals surface area contributed by atoms with Crippen LogP contribution in [-0.2, 0) is 0 Å². The minimum absolute atomic E-state index is 0.230. The third-order valence-corrected chi connectivity index (χ3v) is 4.54. The fraction of sp³-hybridized carbons (Fsp3) is 0.0556. The molecule has 0 aliphatic heterocycles. The summed E-state index contributed by atoms with van der Waals surface area (Å²) >= 11 is 12.5. The largest absolute Gasteiger partial charge is 0.382 e. The first-order valence-electron chi connectivity index (χ1n) is 7.28. The van der Waals surface area contributed by atoms with E-state index in [1.54, 1.807) is 24.5 Å². The molecule has 1 unspecified atom stereocenters. The Balaban J connectivity index is 2.08. The molecule has 1 atom stereocenters. The number of aliphatic hydroxyl groups excluding tert-OH is 1. The Bertz CT molecular complexity index is 1070. The van der Waals surface area contributed by atoms with Crippen molar-refractivity contribution in [1.29, 1.82) is 0 Å². The molecule has 4 rings (SSSR count). The van der Waals surface area contributed by atoms with Crippen molar-refractivity contribution in [3.63, 3.8) is 0 Å². The highest BCUT2D eigenvalue weighted by Crippen LogP contribution is 2.36. The Hall–Kier alpha value is -2.27. The van der Waals surface area contributed by atoms with Gasteiger partial charge in [-0.2, -0.15) is 0 Å². The molecule has 0 saturated heterocycles. The van der Waals surface area contributed by atoms with Gasteiger partial charge in [-0.3, -0.25) is 0 Å². The third-order valence-electron chi connectivity index (χ3n) is 3.94. The number of fused-ring (bicyclic) bond motifs is 3. The first-order chi connectivity index (χ1) is 11.7. The van der Waals surface area contributed by atoms with Crippen LogP contribution in [0, 0.1) is 0 Å². The molecule has 0 radical (unpaired) electrons. The molecule has 0 aliphatic rings. The fourth-order valence-corrected chi connectivity index (χ4v) is 3.31. The first-order valence-corrected chi connectivity index (χ1v) is 8.03. The number of hydrogen-bond acceptors (Lipinski definition) is 4. The van der Waals surface area contributed by atoms with Crippen molar-refractivity contribution in [2.75, 3.05) is 0 Å². The number of hydrogen-bond donors (Lipinski definition) is 1. The molecule has 4 nitrogen and oxygen atoms in total. The molecule has 0 saturated carbocycles. The zero-order chi connectivity index (χ0) is 16.7. The Morgan fingerprint density at radius 2 is 1.62 bits per heavy atom. The van der Waals surface area contributed by atoms with Gasteiger partial charge in [0, 0.05) is 28.7 Å². The molecule has 1 N–H and O–H groups in total. The van der Waals surface area contributed by atoms with Crippen LogP contribution >= 0.6 is 23.2 Å². The predicted molar refractivity (Wildman–Crippen MR) is 95.4 cm³/mol. The fourth-order valence-electron chi connectivity index (χ4n) is 2.84. The molecule has 0 bridgehead atoms. The summed E-state index contributed by atoms with van der Waals surface area (Å²) in [5.74, 6) is 0. The third kappa shape index (κ3) is 2.40. The van der Waals surface area contributed by atoms with Crippen molar-refractivity contribution in [2.24, 2.45) is 0 Å². The number of pyridine rings is 3. The average molecular weight is 356 g/mol. The Morgan fingerprint density at radius 1 is 0.833 bits per heavy atom.